The second-order valence-electron chi connectivity index (χ2n) is 6.50. The van der Waals surface area contributed by atoms with Gasteiger partial charge >= 0.3 is 0 Å². The van der Waals surface area contributed by atoms with E-state index in [1.807, 2.05) is 6.07 Å². The maximum Gasteiger partial charge on any atom is 0.262 e. The zero-order valence-corrected chi connectivity index (χ0v) is 16.3. The van der Waals surface area contributed by atoms with Gasteiger partial charge in [0.15, 0.2) is 0 Å². The third kappa shape index (κ3) is 3.53. The van der Waals surface area contributed by atoms with Crippen LogP contribution in [0.15, 0.2) is 48.5 Å². The Morgan fingerprint density at radius 1 is 1.13 bits per heavy atom. The number of rotatable bonds is 4. The van der Waals surface area contributed by atoms with E-state index >= 15 is 0 Å². The minimum atomic E-state index is -1.28. The number of nitriles is 1. The van der Waals surface area contributed by atoms with E-state index in [-0.39, 0.29) is 11.4 Å². The van der Waals surface area contributed by atoms with E-state index in [9.17, 15) is 23.2 Å². The summed E-state index contributed by atoms with van der Waals surface area (Å²) in [5, 5.41) is 17.0. The Labute approximate surface area is 173 Å². The van der Waals surface area contributed by atoms with Gasteiger partial charge in [-0.3, -0.25) is 4.79 Å². The zero-order chi connectivity index (χ0) is 21.4. The zero-order valence-electron chi connectivity index (χ0n) is 15.5. The van der Waals surface area contributed by atoms with Gasteiger partial charge in [-0.05, 0) is 43.3 Å². The number of nitrogens with one attached hydrogen (secondary N) is 1. The smallest absolute Gasteiger partial charge is 0.262 e. The lowest BCUT2D eigenvalue weighted by atomic mass is 10.1. The third-order valence-corrected chi connectivity index (χ3v) is 5.63. The van der Waals surface area contributed by atoms with Crippen molar-refractivity contribution in [2.45, 2.75) is 13.0 Å². The predicted molar refractivity (Wildman–Crippen MR) is 106 cm³/mol. The Hall–Kier alpha value is -3.64. The molecule has 30 heavy (non-hydrogen) atoms. The number of carbonyl (C=O) groups is 1. The van der Waals surface area contributed by atoms with Crippen LogP contribution in [0.1, 0.15) is 27.0 Å². The number of nitrogens with zero attached hydrogens (tertiary/aromatic N) is 3. The molecule has 4 rings (SSSR count). The fraction of sp³-hybridized carbons (Fsp3) is 0.0952. The largest absolute Gasteiger partial charge is 0.332 e. The van der Waals surface area contributed by atoms with Crippen molar-refractivity contribution in [3.63, 3.8) is 0 Å². The van der Waals surface area contributed by atoms with Crippen LogP contribution in [0.25, 0.3) is 15.9 Å². The maximum absolute atomic E-state index is 14.0. The molecule has 2 aromatic heterocycles. The summed E-state index contributed by atoms with van der Waals surface area (Å²) in [4.78, 5) is 13.7. The number of thiophene rings is 1. The highest BCUT2D eigenvalue weighted by molar-refractivity contribution is 7.20. The van der Waals surface area contributed by atoms with Crippen LogP contribution in [0.3, 0.4) is 0 Å². The molecule has 0 fully saturated rings. The van der Waals surface area contributed by atoms with E-state index in [1.165, 1.54) is 12.1 Å². The lowest BCUT2D eigenvalue weighted by Crippen LogP contribution is -2.27. The number of benzene rings is 2. The van der Waals surface area contributed by atoms with Gasteiger partial charge in [-0.15, -0.1) is 11.3 Å². The highest BCUT2D eigenvalue weighted by Crippen LogP contribution is 2.31. The first-order valence-corrected chi connectivity index (χ1v) is 9.59. The Kier molecular flexibility index (Phi) is 5.01. The molecule has 2 heterocycles. The molecule has 1 N–H and O–H groups in total. The first kappa shape index (κ1) is 19.7. The molecule has 2 aromatic carbocycles. The van der Waals surface area contributed by atoms with Gasteiger partial charge in [-0.25, -0.2) is 17.9 Å². The van der Waals surface area contributed by atoms with Gasteiger partial charge in [0.1, 0.15) is 28.3 Å². The molecule has 150 valence electrons. The summed E-state index contributed by atoms with van der Waals surface area (Å²) in [7, 11) is 0. The molecule has 0 bridgehead atoms. The molecule has 0 radical (unpaired) electrons. The lowest BCUT2D eigenvalue weighted by Gasteiger charge is -2.12. The average molecular weight is 426 g/mol. The molecule has 4 aromatic rings. The summed E-state index contributed by atoms with van der Waals surface area (Å²) in [5.41, 5.74) is 1.18. The second-order valence-corrected chi connectivity index (χ2v) is 7.54. The van der Waals surface area contributed by atoms with E-state index in [1.54, 1.807) is 29.8 Å². The van der Waals surface area contributed by atoms with Crippen molar-refractivity contribution in [1.29, 1.82) is 5.26 Å². The maximum atomic E-state index is 14.0. The van der Waals surface area contributed by atoms with E-state index in [0.29, 0.717) is 27.2 Å². The average Bonchev–Trinajstić information content (AvgIpc) is 3.28. The van der Waals surface area contributed by atoms with Crippen molar-refractivity contribution in [2.75, 3.05) is 0 Å². The summed E-state index contributed by atoms with van der Waals surface area (Å²) < 4.78 is 42.0. The van der Waals surface area contributed by atoms with Crippen LogP contribution in [0.5, 0.6) is 0 Å². The van der Waals surface area contributed by atoms with Crippen LogP contribution in [0.2, 0.25) is 0 Å². The molecule has 0 saturated carbocycles. The van der Waals surface area contributed by atoms with Crippen molar-refractivity contribution >= 4 is 27.5 Å². The first-order chi connectivity index (χ1) is 14.4. The van der Waals surface area contributed by atoms with Crippen LogP contribution in [0.4, 0.5) is 13.2 Å². The van der Waals surface area contributed by atoms with Gasteiger partial charge in [-0.2, -0.15) is 10.4 Å². The summed E-state index contributed by atoms with van der Waals surface area (Å²) in [6.45, 7) is 1.78. The molecule has 0 aliphatic rings. The Bertz CT molecular complexity index is 1300. The van der Waals surface area contributed by atoms with Crippen molar-refractivity contribution in [2.24, 2.45) is 0 Å². The van der Waals surface area contributed by atoms with Gasteiger partial charge in [0.25, 0.3) is 5.91 Å². The van der Waals surface area contributed by atoms with E-state index in [2.05, 4.69) is 10.4 Å². The topological polar surface area (TPSA) is 70.7 Å². The second kappa shape index (κ2) is 7.65. The van der Waals surface area contributed by atoms with E-state index in [4.69, 9.17) is 0 Å². The van der Waals surface area contributed by atoms with E-state index in [0.717, 1.165) is 28.9 Å². The van der Waals surface area contributed by atoms with Crippen molar-refractivity contribution in [3.05, 3.63) is 82.1 Å². The fourth-order valence-electron chi connectivity index (χ4n) is 3.03. The van der Waals surface area contributed by atoms with Gasteiger partial charge in [-0.1, -0.05) is 6.07 Å². The SMILES string of the molecule is Cc1nn(-c2ccc(F)cc2)c2sc(C(=O)NC(C#N)c3ccc(F)cc3F)cc12. The van der Waals surface area contributed by atoms with E-state index < -0.39 is 23.6 Å². The Balaban J connectivity index is 1.66. The summed E-state index contributed by atoms with van der Waals surface area (Å²) >= 11 is 1.14. The molecule has 5 nitrogen and oxygen atoms in total. The number of halogens is 3. The van der Waals surface area contributed by atoms with Crippen LogP contribution in [-0.4, -0.2) is 15.7 Å². The molecule has 1 amide bonds. The molecule has 0 aliphatic carbocycles. The van der Waals surface area contributed by atoms with Crippen LogP contribution in [-0.2, 0) is 0 Å². The molecular weight excluding hydrogens is 413 g/mol. The predicted octanol–water partition coefficient (Wildman–Crippen LogP) is 4.81. The van der Waals surface area contributed by atoms with Crippen molar-refractivity contribution in [1.82, 2.24) is 15.1 Å². The molecule has 0 spiro atoms. The van der Waals surface area contributed by atoms with Gasteiger partial charge < -0.3 is 5.32 Å². The van der Waals surface area contributed by atoms with Gasteiger partial charge in [0, 0.05) is 17.0 Å². The molecular formula is C21H13F3N4OS. The van der Waals surface area contributed by atoms with Crippen molar-refractivity contribution < 1.29 is 18.0 Å². The summed E-state index contributed by atoms with van der Waals surface area (Å²) in [6, 6.07) is 10.8. The first-order valence-electron chi connectivity index (χ1n) is 8.78. The van der Waals surface area contributed by atoms with Crippen LogP contribution >= 0.6 is 11.3 Å². The number of hydrogen-bond donors (Lipinski definition) is 1. The molecule has 1 unspecified atom stereocenters. The minimum absolute atomic E-state index is 0.123. The van der Waals surface area contributed by atoms with Crippen LogP contribution in [0, 0.1) is 35.7 Å². The number of aryl methyl sites for hydroxylation is 1. The molecule has 0 saturated heterocycles. The minimum Gasteiger partial charge on any atom is -0.332 e. The molecule has 9 heteroatoms. The highest BCUT2D eigenvalue weighted by atomic mass is 32.1. The van der Waals surface area contributed by atoms with Gasteiger partial charge in [0.2, 0.25) is 0 Å². The molecule has 1 atom stereocenters. The number of fused-ring (bicyclic) bond motifs is 1. The third-order valence-electron chi connectivity index (χ3n) is 4.52. The monoisotopic (exact) mass is 426 g/mol. The fourth-order valence-corrected chi connectivity index (χ4v) is 4.12. The highest BCUT2D eigenvalue weighted by Gasteiger charge is 2.22. The van der Waals surface area contributed by atoms with Crippen LogP contribution < -0.4 is 5.32 Å². The number of carbonyl (C=O) groups excluding carboxylic acids is 1. The van der Waals surface area contributed by atoms with Gasteiger partial charge in [0.05, 0.1) is 22.3 Å². The molecule has 0 aliphatic heterocycles. The number of hydrogen-bond acceptors (Lipinski definition) is 4. The van der Waals surface area contributed by atoms with Crippen molar-refractivity contribution in [3.8, 4) is 11.8 Å². The number of aromatic nitrogens is 2. The standard InChI is InChI=1S/C21H13F3N4OS/c1-11-16-9-19(30-21(16)28(27-11)14-5-2-12(22)3-6-14)20(29)26-18(10-25)15-7-4-13(23)8-17(15)24/h2-9,18H,1H3,(H,26,29). The number of amides is 1. The summed E-state index contributed by atoms with van der Waals surface area (Å²) in [6.07, 6.45) is 0. The lowest BCUT2D eigenvalue weighted by molar-refractivity contribution is 0.0949. The quantitative estimate of drug-likeness (QED) is 0.509. The Morgan fingerprint density at radius 2 is 1.83 bits per heavy atom. The normalized spacial score (nSPS) is 12.0. The summed E-state index contributed by atoms with van der Waals surface area (Å²) in [5.74, 6) is -2.64. The Morgan fingerprint density at radius 3 is 2.50 bits per heavy atom.